The number of thiophene rings is 1. The maximum Gasteiger partial charge on any atom is 0.135 e. The quantitative estimate of drug-likeness (QED) is 0.168. The third kappa shape index (κ3) is 12.8. The van der Waals surface area contributed by atoms with Gasteiger partial charge in [0.25, 0.3) is 0 Å². The van der Waals surface area contributed by atoms with Crippen LogP contribution >= 0.6 is 11.3 Å². The van der Waals surface area contributed by atoms with Gasteiger partial charge >= 0.3 is 0 Å². The molecule has 5 aliphatic carbocycles. The lowest BCUT2D eigenvalue weighted by atomic mass is 9.90. The van der Waals surface area contributed by atoms with Crippen LogP contribution in [0.15, 0.2) is 447 Å². The first-order valence-electron chi connectivity index (χ1n) is 44.7. The van der Waals surface area contributed by atoms with Gasteiger partial charge in [0.15, 0.2) is 0 Å². The molecule has 0 atom stereocenters. The van der Waals surface area contributed by atoms with E-state index >= 15 is 0 Å². The van der Waals surface area contributed by atoms with Crippen LogP contribution in [-0.2, 0) is 32.1 Å². The summed E-state index contributed by atoms with van der Waals surface area (Å²) in [7, 11) is 0. The molecular weight excluding hydrogens is 1560 g/mol. The Morgan fingerprint density at radius 3 is 1.34 bits per heavy atom. The molecule has 3 heteroatoms. The first-order valence-corrected chi connectivity index (χ1v) is 45.5. The molecule has 0 amide bonds. The van der Waals surface area contributed by atoms with E-state index in [4.69, 9.17) is 4.42 Å². The minimum Gasteiger partial charge on any atom is -0.456 e. The van der Waals surface area contributed by atoms with Crippen LogP contribution in [0.1, 0.15) is 55.6 Å². The van der Waals surface area contributed by atoms with E-state index in [1.165, 1.54) is 247 Å². The fourth-order valence-electron chi connectivity index (χ4n) is 21.5. The number of furan rings is 1. The number of para-hydroxylation sites is 3. The smallest absolute Gasteiger partial charge is 0.135 e. The van der Waals surface area contributed by atoms with Crippen LogP contribution in [0.25, 0.3) is 202 Å². The van der Waals surface area contributed by atoms with Crippen molar-refractivity contribution in [3.63, 3.8) is 0 Å². The van der Waals surface area contributed by atoms with Crippen molar-refractivity contribution in [3.05, 3.63) is 498 Å². The molecule has 0 N–H and O–H groups in total. The van der Waals surface area contributed by atoms with Gasteiger partial charge in [-0.3, -0.25) is 0 Å². The maximum absolute atomic E-state index is 5.98. The molecule has 0 fully saturated rings. The second-order valence-electron chi connectivity index (χ2n) is 34.6. The predicted octanol–water partition coefficient (Wildman–Crippen LogP) is 33.8. The summed E-state index contributed by atoms with van der Waals surface area (Å²) in [4.78, 5) is 0. The van der Waals surface area contributed by atoms with Crippen molar-refractivity contribution in [1.82, 2.24) is 4.57 Å². The number of hydrogen-bond donors (Lipinski definition) is 0. The zero-order valence-corrected chi connectivity index (χ0v) is 71.3. The van der Waals surface area contributed by atoms with Crippen molar-refractivity contribution in [1.29, 1.82) is 0 Å². The van der Waals surface area contributed by atoms with E-state index in [9.17, 15) is 0 Å². The summed E-state index contributed by atoms with van der Waals surface area (Å²) in [5.41, 5.74) is 44.4. The highest BCUT2D eigenvalue weighted by atomic mass is 32.1. The van der Waals surface area contributed by atoms with Gasteiger partial charge in [0.1, 0.15) is 11.2 Å². The topological polar surface area (TPSA) is 18.1 Å². The Balaban J connectivity index is 0.0000000875. The molecule has 5 aliphatic rings. The van der Waals surface area contributed by atoms with E-state index in [2.05, 4.69) is 435 Å². The van der Waals surface area contributed by atoms with Gasteiger partial charge in [0.05, 0.1) is 11.0 Å². The second-order valence-corrected chi connectivity index (χ2v) is 35.7. The summed E-state index contributed by atoms with van der Waals surface area (Å²) in [5.74, 6) is 0. The Labute approximate surface area is 747 Å². The third-order valence-electron chi connectivity index (χ3n) is 27.4. The Morgan fingerprint density at radius 1 is 0.195 bits per heavy atom. The molecule has 0 saturated heterocycles. The summed E-state index contributed by atoms with van der Waals surface area (Å²) in [6, 6.07) is 161. The van der Waals surface area contributed by atoms with Crippen LogP contribution in [0.3, 0.4) is 0 Å². The summed E-state index contributed by atoms with van der Waals surface area (Å²) >= 11 is 1.95. The molecule has 0 aliphatic heterocycles. The average molecular weight is 1650 g/mol. The van der Waals surface area contributed by atoms with Gasteiger partial charge in [-0.15, -0.1) is 11.3 Å². The van der Waals surface area contributed by atoms with E-state index in [1.54, 1.807) is 0 Å². The van der Waals surface area contributed by atoms with Crippen LogP contribution < -0.4 is 0 Å². The predicted molar refractivity (Wildman–Crippen MR) is 542 cm³/mol. The lowest BCUT2D eigenvalue weighted by molar-refractivity contribution is 0.668. The Kier molecular flexibility index (Phi) is 18.2. The SMILES string of the molecule is c1ccc(-c2cc3c(c4ccccc24)-c2c(ccc4ccccc24)C3)cc1.c1ccc(-c2cc3c(c4ccccc24)-c2ccccc2C3)cc1.c1ccc(-c2ccc3c(c2)sc2c4c(ccc23)-c2ccccc2C4)cc1.c1ccc(-n2c3ccccc3c3cc(-c4ccc5c(c4)-c4ccccc4C5)ccc32)cc1.c1ccc2c(c1)Cc1cc3oc4ccccc4c3cc1-2. The molecule has 21 aromatic carbocycles. The van der Waals surface area contributed by atoms with Crippen LogP contribution in [0, 0.1) is 0 Å². The second kappa shape index (κ2) is 31.2. The number of hydrogen-bond acceptors (Lipinski definition) is 2. The summed E-state index contributed by atoms with van der Waals surface area (Å²) in [6.45, 7) is 0. The monoisotopic (exact) mass is 1650 g/mol. The Hall–Kier alpha value is -15.8. The normalized spacial score (nSPS) is 12.4. The molecule has 3 aromatic heterocycles. The average Bonchev–Trinajstić information content (AvgIpc) is 1.60. The highest BCUT2D eigenvalue weighted by Gasteiger charge is 2.29. The van der Waals surface area contributed by atoms with E-state index in [0.717, 1.165) is 43.3 Å². The van der Waals surface area contributed by atoms with Crippen molar-refractivity contribution in [3.8, 4) is 106 Å². The summed E-state index contributed by atoms with van der Waals surface area (Å²) in [6.07, 6.45) is 5.16. The molecule has 0 spiro atoms. The standard InChI is InChI=1S/C31H21N.C27H18.C25H16S.C23H16.C19H12O/c1-2-9-25(10-3-1)32-30-13-7-6-12-27(30)29-20-22(16-17-31(29)32)21-14-15-24-18-23-8-4-5-11-26(23)28(24)19-21;1-2-8-18(9-3-1)25-17-21-16-20-15-14-19-10-4-5-11-22(19)26(20)27(21)24-13-7-6-12-23(24)25;1-2-6-16(7-3-1)17-10-11-21-22-13-12-20-19-9-5-4-8-18(19)14-23(20)25(22)26-24(21)15-17;1-2-8-16(9-3-1)22-15-18-14-17-10-4-5-11-19(17)23(18)21-13-7-6-12-20(21)22;1-2-6-14-12(5-1)9-13-10-19-17(11-16(13)14)15-7-3-4-8-18(15)20-19/h1-17,19-20H,18H2;1-15,17H,16H2;1-13,15H,14H2;1-13,15H,14H2;1-8,10-11H,9H2. The molecule has 24 aromatic rings. The van der Waals surface area contributed by atoms with Gasteiger partial charge in [-0.1, -0.05) is 370 Å². The van der Waals surface area contributed by atoms with Crippen LogP contribution in [0.4, 0.5) is 0 Å². The lowest BCUT2D eigenvalue weighted by Gasteiger charge is -2.14. The maximum atomic E-state index is 5.98. The van der Waals surface area contributed by atoms with Crippen molar-refractivity contribution in [2.24, 2.45) is 0 Å². The van der Waals surface area contributed by atoms with Gasteiger partial charge in [-0.05, 0) is 287 Å². The molecule has 0 bridgehead atoms. The number of aromatic nitrogens is 1. The fourth-order valence-corrected chi connectivity index (χ4v) is 22.8. The van der Waals surface area contributed by atoms with Crippen molar-refractivity contribution in [2.45, 2.75) is 32.1 Å². The van der Waals surface area contributed by atoms with Gasteiger partial charge in [-0.25, -0.2) is 0 Å². The first kappa shape index (κ1) is 74.8. The number of benzene rings is 21. The molecule has 600 valence electrons. The van der Waals surface area contributed by atoms with Crippen LogP contribution in [-0.4, -0.2) is 4.57 Å². The van der Waals surface area contributed by atoms with Gasteiger partial charge in [0.2, 0.25) is 0 Å². The molecule has 2 nitrogen and oxygen atoms in total. The Morgan fingerprint density at radius 2 is 0.648 bits per heavy atom. The largest absolute Gasteiger partial charge is 0.456 e. The molecule has 3 heterocycles. The lowest BCUT2D eigenvalue weighted by Crippen LogP contribution is -1.92. The summed E-state index contributed by atoms with van der Waals surface area (Å²) < 4.78 is 11.2. The highest BCUT2D eigenvalue weighted by Crippen LogP contribution is 2.52. The Bertz CT molecular complexity index is 8580. The molecule has 0 radical (unpaired) electrons. The van der Waals surface area contributed by atoms with Crippen LogP contribution in [0.2, 0.25) is 0 Å². The van der Waals surface area contributed by atoms with Crippen LogP contribution in [0.5, 0.6) is 0 Å². The van der Waals surface area contributed by atoms with Crippen molar-refractivity contribution >= 4 is 108 Å². The van der Waals surface area contributed by atoms with Gasteiger partial charge in [-0.2, -0.15) is 0 Å². The molecule has 128 heavy (non-hydrogen) atoms. The zero-order valence-electron chi connectivity index (χ0n) is 70.4. The molecule has 0 unspecified atom stereocenters. The number of fused-ring (bicyclic) bond motifs is 31. The van der Waals surface area contributed by atoms with Gasteiger partial charge in [0, 0.05) is 53.8 Å². The van der Waals surface area contributed by atoms with E-state index < -0.39 is 0 Å². The van der Waals surface area contributed by atoms with E-state index in [1.807, 2.05) is 23.5 Å². The minimum absolute atomic E-state index is 0.972. The highest BCUT2D eigenvalue weighted by molar-refractivity contribution is 7.26. The number of rotatable bonds is 5. The van der Waals surface area contributed by atoms with Gasteiger partial charge < -0.3 is 8.98 Å². The molecule has 29 rings (SSSR count). The number of nitrogens with zero attached hydrogens (tertiary/aromatic N) is 1. The third-order valence-corrected chi connectivity index (χ3v) is 28.6. The minimum atomic E-state index is 0.972. The van der Waals surface area contributed by atoms with E-state index in [-0.39, 0.29) is 0 Å². The molecule has 0 saturated carbocycles. The fraction of sp³-hybridized carbons (Fsp3) is 0.0400. The first-order chi connectivity index (χ1) is 63.5. The van der Waals surface area contributed by atoms with Crippen molar-refractivity contribution in [2.75, 3.05) is 0 Å². The van der Waals surface area contributed by atoms with Crippen molar-refractivity contribution < 1.29 is 4.42 Å². The zero-order chi connectivity index (χ0) is 84.3. The summed E-state index contributed by atoms with van der Waals surface area (Å²) in [5, 5.41) is 15.9. The van der Waals surface area contributed by atoms with E-state index in [0.29, 0.717) is 0 Å². The molecular formula is C125H83NOS.